The Morgan fingerprint density at radius 3 is 2.06 bits per heavy atom. The van der Waals surface area contributed by atoms with Crippen molar-refractivity contribution in [2.45, 2.75) is 0 Å². The van der Waals surface area contributed by atoms with Crippen molar-refractivity contribution in [1.82, 2.24) is 4.67 Å². The van der Waals surface area contributed by atoms with Gasteiger partial charge in [0, 0.05) is 24.8 Å². The predicted octanol–water partition coefficient (Wildman–Crippen LogP) is 4.49. The predicted molar refractivity (Wildman–Crippen MR) is 77.1 cm³/mol. The molecule has 0 saturated heterocycles. The van der Waals surface area contributed by atoms with Gasteiger partial charge in [0.1, 0.15) is 10.1 Å². The summed E-state index contributed by atoms with van der Waals surface area (Å²) in [5, 5.41) is 0. The van der Waals surface area contributed by atoms with Gasteiger partial charge in [-0.15, -0.1) is 34.8 Å². The van der Waals surface area contributed by atoms with Gasteiger partial charge in [-0.3, -0.25) is 4.57 Å². The summed E-state index contributed by atoms with van der Waals surface area (Å²) in [6, 6.07) is 0. The first kappa shape index (κ1) is 18.3. The lowest BCUT2D eigenvalue weighted by atomic mass is 10.6. The molecule has 0 saturated carbocycles. The highest BCUT2D eigenvalue weighted by Gasteiger charge is 2.29. The molecule has 1 unspecified atom stereocenters. The molecule has 9 heteroatoms. The Bertz CT molecular complexity index is 279. The summed E-state index contributed by atoms with van der Waals surface area (Å²) in [5.41, 5.74) is -0.144. The molecule has 0 aromatic rings. The Hall–Kier alpha value is 1.34. The van der Waals surface area contributed by atoms with Crippen LogP contribution in [0.25, 0.3) is 0 Å². The zero-order chi connectivity index (χ0) is 13.3. The van der Waals surface area contributed by atoms with Crippen LogP contribution in [0, 0.1) is 0 Å². The van der Waals surface area contributed by atoms with Crippen molar-refractivity contribution in [1.29, 1.82) is 0 Å². The van der Waals surface area contributed by atoms with E-state index in [1.54, 1.807) is 4.67 Å². The molecule has 0 aliphatic carbocycles. The molecule has 0 aromatic carbocycles. The van der Waals surface area contributed by atoms with Gasteiger partial charge in [0.15, 0.2) is 0 Å². The highest BCUT2D eigenvalue weighted by Crippen LogP contribution is 2.51. The molecule has 0 bridgehead atoms. The fourth-order valence-corrected chi connectivity index (χ4v) is 3.95. The molecule has 0 spiro atoms. The third-order valence-corrected chi connectivity index (χ3v) is 5.45. The second-order valence-electron chi connectivity index (χ2n) is 2.88. The van der Waals surface area contributed by atoms with Crippen molar-refractivity contribution >= 4 is 65.5 Å². The first-order valence-corrected chi connectivity index (χ1v) is 8.80. The highest BCUT2D eigenvalue weighted by atomic mass is 35.5. The molecule has 0 amide bonds. The topological polar surface area (TPSA) is 29.5 Å². The minimum Gasteiger partial charge on any atom is -0.312 e. The molecule has 17 heavy (non-hydrogen) atoms. The molecule has 0 rings (SSSR count). The van der Waals surface area contributed by atoms with E-state index in [2.05, 4.69) is 0 Å². The van der Waals surface area contributed by atoms with Gasteiger partial charge >= 0.3 is 0 Å². The standard InChI is InChI=1S/C8H13Cl5NO2P/c9-2-4-14(5-3-10)17(15,7-11)16-6-1-8(12)13/h1H,2-7H2. The summed E-state index contributed by atoms with van der Waals surface area (Å²) in [6.07, 6.45) is 1.39. The van der Waals surface area contributed by atoms with E-state index < -0.39 is 7.52 Å². The number of halogens is 5. The maximum absolute atomic E-state index is 12.4. The first-order chi connectivity index (χ1) is 8.00. The maximum atomic E-state index is 12.4. The zero-order valence-corrected chi connectivity index (χ0v) is 13.6. The van der Waals surface area contributed by atoms with Gasteiger partial charge in [-0.2, -0.15) is 0 Å². The third-order valence-electron chi connectivity index (χ3n) is 1.78. The Morgan fingerprint density at radius 1 is 1.18 bits per heavy atom. The van der Waals surface area contributed by atoms with Gasteiger partial charge in [-0.05, 0) is 6.08 Å². The van der Waals surface area contributed by atoms with Gasteiger partial charge in [-0.25, -0.2) is 4.67 Å². The summed E-state index contributed by atoms with van der Waals surface area (Å²) >= 11 is 27.8. The van der Waals surface area contributed by atoms with Gasteiger partial charge in [-0.1, -0.05) is 23.2 Å². The molecular formula is C8H13Cl5NO2P. The van der Waals surface area contributed by atoms with Crippen LogP contribution >= 0.6 is 65.5 Å². The molecular weight excluding hydrogens is 350 g/mol. The number of hydrogen-bond acceptors (Lipinski definition) is 2. The summed E-state index contributed by atoms with van der Waals surface area (Å²) in [6.45, 7) is 0.792. The van der Waals surface area contributed by atoms with Crippen LogP contribution in [-0.2, 0) is 9.09 Å². The van der Waals surface area contributed by atoms with E-state index in [1.165, 1.54) is 6.08 Å². The molecule has 0 radical (unpaired) electrons. The van der Waals surface area contributed by atoms with E-state index in [0.29, 0.717) is 24.8 Å². The van der Waals surface area contributed by atoms with Gasteiger partial charge < -0.3 is 4.52 Å². The largest absolute Gasteiger partial charge is 0.312 e. The Labute approximate surface area is 126 Å². The first-order valence-electron chi connectivity index (χ1n) is 4.68. The summed E-state index contributed by atoms with van der Waals surface area (Å²) in [5.74, 6) is 0.625. The molecule has 0 N–H and O–H groups in total. The fraction of sp³-hybridized carbons (Fsp3) is 0.750. The monoisotopic (exact) mass is 361 g/mol. The third kappa shape index (κ3) is 7.49. The Balaban J connectivity index is 4.59. The van der Waals surface area contributed by atoms with Crippen molar-refractivity contribution in [3.8, 4) is 0 Å². The molecule has 1 atom stereocenters. The lowest BCUT2D eigenvalue weighted by molar-refractivity contribution is 0.295. The SMILES string of the molecule is O=P(CCl)(OCC=C(Cl)Cl)N(CCCl)CCCl. The van der Waals surface area contributed by atoms with E-state index in [9.17, 15) is 4.57 Å². The van der Waals surface area contributed by atoms with Gasteiger partial charge in [0.25, 0.3) is 7.52 Å². The van der Waals surface area contributed by atoms with E-state index in [4.69, 9.17) is 62.5 Å². The molecule has 0 aliphatic rings. The van der Waals surface area contributed by atoms with Crippen LogP contribution in [0.3, 0.4) is 0 Å². The van der Waals surface area contributed by atoms with Crippen LogP contribution in [0.15, 0.2) is 10.6 Å². The van der Waals surface area contributed by atoms with Crippen LogP contribution in [0.4, 0.5) is 0 Å². The summed E-state index contributed by atoms with van der Waals surface area (Å²) < 4.78 is 19.2. The molecule has 0 aromatic heterocycles. The van der Waals surface area contributed by atoms with E-state index in [0.717, 1.165) is 0 Å². The lowest BCUT2D eigenvalue weighted by Crippen LogP contribution is -2.26. The second kappa shape index (κ2) is 10.2. The van der Waals surface area contributed by atoms with E-state index >= 15 is 0 Å². The molecule has 0 heterocycles. The molecule has 0 aliphatic heterocycles. The van der Waals surface area contributed by atoms with Crippen molar-refractivity contribution in [2.75, 3.05) is 37.1 Å². The lowest BCUT2D eigenvalue weighted by Gasteiger charge is -2.28. The number of nitrogens with zero attached hydrogens (tertiary/aromatic N) is 1. The molecule has 102 valence electrons. The van der Waals surface area contributed by atoms with Crippen LogP contribution in [-0.4, -0.2) is 41.7 Å². The van der Waals surface area contributed by atoms with Crippen LogP contribution < -0.4 is 0 Å². The average molecular weight is 363 g/mol. The molecule has 0 fully saturated rings. The summed E-state index contributed by atoms with van der Waals surface area (Å²) in [4.78, 5) is 0. The minimum atomic E-state index is -3.13. The number of hydrogen-bond donors (Lipinski definition) is 0. The van der Waals surface area contributed by atoms with Gasteiger partial charge in [0.05, 0.1) is 6.61 Å². The van der Waals surface area contributed by atoms with Gasteiger partial charge in [0.2, 0.25) is 0 Å². The molecule has 3 nitrogen and oxygen atoms in total. The normalized spacial score (nSPS) is 14.7. The minimum absolute atomic E-state index is 0.0212. The quantitative estimate of drug-likeness (QED) is 0.446. The van der Waals surface area contributed by atoms with E-state index in [-0.39, 0.29) is 16.7 Å². The van der Waals surface area contributed by atoms with Crippen molar-refractivity contribution in [2.24, 2.45) is 0 Å². The zero-order valence-electron chi connectivity index (χ0n) is 8.92. The van der Waals surface area contributed by atoms with Crippen molar-refractivity contribution < 1.29 is 9.09 Å². The average Bonchev–Trinajstić information content (AvgIpc) is 2.28. The van der Waals surface area contributed by atoms with Crippen molar-refractivity contribution in [3.05, 3.63) is 10.6 Å². The smallest absolute Gasteiger partial charge is 0.287 e. The van der Waals surface area contributed by atoms with Crippen LogP contribution in [0.1, 0.15) is 0 Å². The highest BCUT2D eigenvalue weighted by molar-refractivity contribution is 7.58. The van der Waals surface area contributed by atoms with Crippen molar-refractivity contribution in [3.63, 3.8) is 0 Å². The van der Waals surface area contributed by atoms with Crippen LogP contribution in [0.5, 0.6) is 0 Å². The Kier molecular flexibility index (Phi) is 11.0. The maximum Gasteiger partial charge on any atom is 0.287 e. The fourth-order valence-electron chi connectivity index (χ4n) is 1.02. The number of alkyl halides is 3. The van der Waals surface area contributed by atoms with Crippen LogP contribution in [0.2, 0.25) is 0 Å². The Morgan fingerprint density at radius 2 is 1.71 bits per heavy atom. The summed E-state index contributed by atoms with van der Waals surface area (Å²) in [7, 11) is -3.13. The second-order valence-corrected chi connectivity index (χ2v) is 7.70. The number of rotatable bonds is 9. The van der Waals surface area contributed by atoms with E-state index in [1.807, 2.05) is 0 Å².